The van der Waals surface area contributed by atoms with Crippen LogP contribution >= 0.6 is 0 Å². The number of amides is 1. The first-order valence-corrected chi connectivity index (χ1v) is 16.4. The average molecular weight is 702 g/mol. The quantitative estimate of drug-likeness (QED) is 0.119. The molecule has 16 heteroatoms. The van der Waals surface area contributed by atoms with E-state index in [1.165, 1.54) is 30.5 Å². The minimum Gasteiger partial charge on any atom is -0.504 e. The van der Waals surface area contributed by atoms with Gasteiger partial charge in [-0.05, 0) is 41.5 Å². The van der Waals surface area contributed by atoms with E-state index >= 15 is 0 Å². The number of phenolic OH excluding ortho intramolecular Hbond substituents is 1. The van der Waals surface area contributed by atoms with Crippen LogP contribution in [0.15, 0.2) is 60.9 Å². The number of aliphatic hydroxyl groups excluding tert-OH is 4. The number of para-hydroxylation sites is 1. The summed E-state index contributed by atoms with van der Waals surface area (Å²) in [6.45, 7) is -0.405. The Balaban J connectivity index is 1.33. The highest BCUT2D eigenvalue weighted by Crippen LogP contribution is 2.48. The maximum Gasteiger partial charge on any atom is 0.242 e. The third kappa shape index (κ3) is 5.35. The van der Waals surface area contributed by atoms with E-state index in [1.54, 1.807) is 24.3 Å². The van der Waals surface area contributed by atoms with Crippen molar-refractivity contribution in [1.82, 2.24) is 16.0 Å². The number of nitrogens with zero attached hydrogens (tertiary/aromatic N) is 1. The van der Waals surface area contributed by atoms with Crippen LogP contribution in [0.1, 0.15) is 54.5 Å². The number of rotatable bonds is 3. The van der Waals surface area contributed by atoms with Crippen molar-refractivity contribution in [3.8, 4) is 11.5 Å². The summed E-state index contributed by atoms with van der Waals surface area (Å²) in [7, 11) is 0. The topological polar surface area (TPSA) is 245 Å². The van der Waals surface area contributed by atoms with Gasteiger partial charge in [0.05, 0.1) is 25.1 Å². The number of allylic oxidation sites excluding steroid dienone is 1. The monoisotopic (exact) mass is 701 g/mol. The highest BCUT2D eigenvalue weighted by Gasteiger charge is 2.48. The summed E-state index contributed by atoms with van der Waals surface area (Å²) < 4.78 is 17.8. The lowest BCUT2D eigenvalue weighted by atomic mass is 9.79. The predicted octanol–water partition coefficient (Wildman–Crippen LogP) is -1.45. The molecule has 3 saturated heterocycles. The van der Waals surface area contributed by atoms with E-state index in [-0.39, 0.29) is 59.4 Å². The molecule has 4 aliphatic heterocycles. The van der Waals surface area contributed by atoms with Gasteiger partial charge in [-0.25, -0.2) is 0 Å². The molecule has 9 atom stereocenters. The van der Waals surface area contributed by atoms with Gasteiger partial charge >= 0.3 is 0 Å². The van der Waals surface area contributed by atoms with Gasteiger partial charge in [0.2, 0.25) is 12.2 Å². The third-order valence-electron chi connectivity index (χ3n) is 10.0. The van der Waals surface area contributed by atoms with Gasteiger partial charge in [0, 0.05) is 33.9 Å². The van der Waals surface area contributed by atoms with Gasteiger partial charge < -0.3 is 50.0 Å². The SMILES string of the molecule is N[C@@H]1NC(=O)[C@@H]2NCN(c3ccccc3[C@@H]3/C=C/OC[C@@H]4O[C@H](Oc5c3cc3c(c5O)C(=O)c5cc(CO)ccc5C3=O)[C@@H](O)[C@H](O)[C@H]4O)[C@H]2N1. The summed E-state index contributed by atoms with van der Waals surface area (Å²) in [6, 6.07) is 12.4. The first kappa shape index (κ1) is 33.2. The molecule has 51 heavy (non-hydrogen) atoms. The number of ether oxygens (including phenoxy) is 3. The van der Waals surface area contributed by atoms with Gasteiger partial charge in [0.25, 0.3) is 0 Å². The molecule has 4 heterocycles. The molecule has 10 N–H and O–H groups in total. The molecule has 266 valence electrons. The van der Waals surface area contributed by atoms with Crippen molar-refractivity contribution in [1.29, 1.82) is 0 Å². The van der Waals surface area contributed by atoms with Crippen LogP contribution in [0.4, 0.5) is 5.69 Å². The molecule has 2 bridgehead atoms. The molecule has 3 aromatic carbocycles. The van der Waals surface area contributed by atoms with Crippen LogP contribution < -0.4 is 31.3 Å². The van der Waals surface area contributed by atoms with Crippen LogP contribution in [0, 0.1) is 0 Å². The number of benzene rings is 3. The standard InChI is InChI=1S/C35H35N5O11/c36-35-38-32-24(33(48)39-35)37-13-40(32)21-4-2-1-3-16(21)15-7-8-49-12-22-27(44)29(46)30(47)34(50-22)51-31-19(15)10-20-23(28(31)45)26(43)18-9-14(11-41)5-6-17(18)25(20)42/h1-10,15,22,24,27,29-30,32,34-35,37-38,41,44-47H,11-13,36H2,(H,39,48)/b8-7+/t15-,22-,24+,27-,29+,30-,32+,34+,35-/m0/s1. The summed E-state index contributed by atoms with van der Waals surface area (Å²) in [5, 5.41) is 63.0. The molecule has 5 aliphatic rings. The zero-order valence-corrected chi connectivity index (χ0v) is 26.8. The molecule has 8 rings (SSSR count). The van der Waals surface area contributed by atoms with E-state index in [4.69, 9.17) is 19.9 Å². The number of aromatic hydroxyl groups is 1. The predicted molar refractivity (Wildman–Crippen MR) is 175 cm³/mol. The van der Waals surface area contributed by atoms with Crippen molar-refractivity contribution in [2.45, 2.75) is 61.7 Å². The number of anilines is 1. The lowest BCUT2D eigenvalue weighted by Gasteiger charge is -2.40. The Bertz CT molecular complexity index is 1970. The van der Waals surface area contributed by atoms with Crippen LogP contribution in [-0.4, -0.2) is 105 Å². The summed E-state index contributed by atoms with van der Waals surface area (Å²) in [4.78, 5) is 42.8. The van der Waals surface area contributed by atoms with Crippen molar-refractivity contribution >= 4 is 23.2 Å². The molecular weight excluding hydrogens is 666 g/mol. The Kier molecular flexibility index (Phi) is 8.28. The number of hydrogen-bond acceptors (Lipinski definition) is 15. The normalized spacial score (nSPS) is 31.9. The van der Waals surface area contributed by atoms with Gasteiger partial charge in [-0.15, -0.1) is 0 Å². The molecule has 0 spiro atoms. The number of fused-ring (bicyclic) bond motifs is 6. The maximum atomic E-state index is 14.1. The van der Waals surface area contributed by atoms with E-state index in [2.05, 4.69) is 16.0 Å². The number of phenols is 1. The number of aliphatic hydroxyl groups is 4. The number of carbonyl (C=O) groups is 3. The van der Waals surface area contributed by atoms with Crippen molar-refractivity contribution in [3.63, 3.8) is 0 Å². The van der Waals surface area contributed by atoms with Gasteiger partial charge in [-0.2, -0.15) is 0 Å². The van der Waals surface area contributed by atoms with E-state index in [0.717, 1.165) is 0 Å². The zero-order chi connectivity index (χ0) is 35.7. The minimum absolute atomic E-state index is 0.0213. The van der Waals surface area contributed by atoms with Crippen molar-refractivity contribution < 1.29 is 54.1 Å². The number of carbonyl (C=O) groups excluding carboxylic acids is 3. The fraction of sp³-hybridized carbons (Fsp3) is 0.343. The summed E-state index contributed by atoms with van der Waals surface area (Å²) in [5.41, 5.74) is 7.43. The lowest BCUT2D eigenvalue weighted by molar-refractivity contribution is -0.277. The van der Waals surface area contributed by atoms with Gasteiger partial charge in [0.1, 0.15) is 49.5 Å². The Labute approximate surface area is 290 Å². The third-order valence-corrected chi connectivity index (χ3v) is 10.0. The van der Waals surface area contributed by atoms with Crippen molar-refractivity contribution in [3.05, 3.63) is 99.8 Å². The second kappa shape index (κ2) is 12.7. The number of ketones is 2. The first-order valence-electron chi connectivity index (χ1n) is 16.4. The average Bonchev–Trinajstić information content (AvgIpc) is 3.54. The van der Waals surface area contributed by atoms with Crippen molar-refractivity contribution in [2.75, 3.05) is 18.2 Å². The summed E-state index contributed by atoms with van der Waals surface area (Å²) in [5.74, 6) is -3.48. The van der Waals surface area contributed by atoms with Crippen LogP contribution in [0.5, 0.6) is 11.5 Å². The van der Waals surface area contributed by atoms with E-state index in [9.17, 15) is 39.9 Å². The molecule has 0 saturated carbocycles. The summed E-state index contributed by atoms with van der Waals surface area (Å²) in [6.07, 6.45) is -6.30. The molecule has 3 fully saturated rings. The molecule has 1 aliphatic carbocycles. The number of nitrogens with one attached hydrogen (secondary N) is 3. The lowest BCUT2D eigenvalue weighted by Crippen LogP contribution is -2.70. The Morgan fingerprint density at radius 2 is 1.73 bits per heavy atom. The number of nitrogens with two attached hydrogens (primary N) is 1. The minimum atomic E-state index is -1.80. The Morgan fingerprint density at radius 3 is 2.53 bits per heavy atom. The Morgan fingerprint density at radius 1 is 0.922 bits per heavy atom. The van der Waals surface area contributed by atoms with Gasteiger partial charge in [-0.3, -0.25) is 30.8 Å². The fourth-order valence-corrected chi connectivity index (χ4v) is 7.44. The van der Waals surface area contributed by atoms with Crippen LogP contribution in [-0.2, 0) is 20.9 Å². The molecule has 0 radical (unpaired) electrons. The molecule has 16 nitrogen and oxygen atoms in total. The number of hydrogen-bond donors (Lipinski definition) is 9. The molecule has 0 aromatic heterocycles. The fourth-order valence-electron chi connectivity index (χ4n) is 7.44. The second-order valence-corrected chi connectivity index (χ2v) is 13.0. The molecule has 3 aromatic rings. The van der Waals surface area contributed by atoms with E-state index < -0.39 is 72.4 Å². The highest BCUT2D eigenvalue weighted by atomic mass is 16.7. The Hall–Kier alpha value is -4.91. The smallest absolute Gasteiger partial charge is 0.242 e. The van der Waals surface area contributed by atoms with Crippen molar-refractivity contribution in [2.24, 2.45) is 5.73 Å². The largest absolute Gasteiger partial charge is 0.504 e. The van der Waals surface area contributed by atoms with Gasteiger partial charge in [0.15, 0.2) is 23.1 Å². The maximum absolute atomic E-state index is 14.1. The first-order chi connectivity index (χ1) is 24.6. The van der Waals surface area contributed by atoms with Crippen LogP contribution in [0.2, 0.25) is 0 Å². The molecule has 1 amide bonds. The zero-order valence-electron chi connectivity index (χ0n) is 26.8. The van der Waals surface area contributed by atoms with E-state index in [1.807, 2.05) is 11.0 Å². The molecule has 0 unspecified atom stereocenters. The van der Waals surface area contributed by atoms with Crippen LogP contribution in [0.25, 0.3) is 0 Å². The summed E-state index contributed by atoms with van der Waals surface area (Å²) >= 11 is 0. The van der Waals surface area contributed by atoms with Gasteiger partial charge in [-0.1, -0.05) is 24.3 Å². The van der Waals surface area contributed by atoms with Crippen LogP contribution in [0.3, 0.4) is 0 Å². The highest BCUT2D eigenvalue weighted by molar-refractivity contribution is 6.29. The van der Waals surface area contributed by atoms with E-state index in [0.29, 0.717) is 16.8 Å². The molecular formula is C35H35N5O11. The second-order valence-electron chi connectivity index (χ2n) is 13.0.